The lowest BCUT2D eigenvalue weighted by Gasteiger charge is -2.13. The molecule has 0 aliphatic carbocycles. The van der Waals surface area contributed by atoms with Crippen molar-refractivity contribution in [3.05, 3.63) is 53.7 Å². The van der Waals surface area contributed by atoms with Crippen molar-refractivity contribution in [2.75, 3.05) is 24.9 Å². The standard InChI is InChI=1S/C19H21N5O2/c1-12-5-6-13(2)16(9-12)22-19-23-18(11-20-24-19)21-15-8-7-14(25-3)10-17(15)26-4/h5-11H,1-4H3,(H2,21,22,23,24). The SMILES string of the molecule is COc1ccc(Nc2cnnc(Nc3cc(C)ccc3C)n2)c(OC)c1. The number of ether oxygens (including phenoxy) is 2. The minimum atomic E-state index is 0.413. The predicted molar refractivity (Wildman–Crippen MR) is 102 cm³/mol. The van der Waals surface area contributed by atoms with Gasteiger partial charge in [-0.15, -0.1) is 5.10 Å². The Kier molecular flexibility index (Phi) is 5.17. The summed E-state index contributed by atoms with van der Waals surface area (Å²) in [5, 5.41) is 14.5. The van der Waals surface area contributed by atoms with Crippen molar-refractivity contribution < 1.29 is 9.47 Å². The van der Waals surface area contributed by atoms with Gasteiger partial charge in [-0.2, -0.15) is 10.1 Å². The van der Waals surface area contributed by atoms with Gasteiger partial charge in [0.1, 0.15) is 11.5 Å². The van der Waals surface area contributed by atoms with E-state index in [0.29, 0.717) is 23.3 Å². The van der Waals surface area contributed by atoms with Gasteiger partial charge in [0, 0.05) is 11.8 Å². The topological polar surface area (TPSA) is 81.2 Å². The third-order valence-electron chi connectivity index (χ3n) is 3.87. The van der Waals surface area contributed by atoms with Crippen molar-refractivity contribution >= 4 is 23.1 Å². The molecule has 0 saturated carbocycles. The molecule has 0 atom stereocenters. The fourth-order valence-electron chi connectivity index (χ4n) is 2.45. The minimum Gasteiger partial charge on any atom is -0.497 e. The minimum absolute atomic E-state index is 0.413. The van der Waals surface area contributed by atoms with Gasteiger partial charge in [-0.25, -0.2) is 0 Å². The summed E-state index contributed by atoms with van der Waals surface area (Å²) in [6.45, 7) is 4.07. The molecular weight excluding hydrogens is 330 g/mol. The summed E-state index contributed by atoms with van der Waals surface area (Å²) in [4.78, 5) is 4.47. The average Bonchev–Trinajstić information content (AvgIpc) is 2.65. The number of aromatic nitrogens is 3. The number of anilines is 4. The lowest BCUT2D eigenvalue weighted by molar-refractivity contribution is 0.395. The number of benzene rings is 2. The second kappa shape index (κ2) is 7.69. The van der Waals surface area contributed by atoms with Gasteiger partial charge in [-0.1, -0.05) is 12.1 Å². The zero-order valence-corrected chi connectivity index (χ0v) is 15.2. The molecular formula is C19H21N5O2. The molecule has 0 aliphatic heterocycles. The normalized spacial score (nSPS) is 10.3. The first-order valence-corrected chi connectivity index (χ1v) is 8.12. The number of hydrogen-bond acceptors (Lipinski definition) is 7. The molecule has 2 N–H and O–H groups in total. The van der Waals surface area contributed by atoms with E-state index >= 15 is 0 Å². The zero-order valence-electron chi connectivity index (χ0n) is 15.2. The summed E-state index contributed by atoms with van der Waals surface area (Å²) in [7, 11) is 3.22. The molecule has 0 saturated heterocycles. The van der Waals surface area contributed by atoms with Crippen LogP contribution in [0, 0.1) is 13.8 Å². The van der Waals surface area contributed by atoms with Gasteiger partial charge < -0.3 is 20.1 Å². The summed E-state index contributed by atoms with van der Waals surface area (Å²) < 4.78 is 10.6. The van der Waals surface area contributed by atoms with Crippen LogP contribution in [-0.4, -0.2) is 29.4 Å². The van der Waals surface area contributed by atoms with E-state index in [-0.39, 0.29) is 0 Å². The highest BCUT2D eigenvalue weighted by Gasteiger charge is 2.08. The Morgan fingerprint density at radius 3 is 2.50 bits per heavy atom. The van der Waals surface area contributed by atoms with Crippen LogP contribution in [0.1, 0.15) is 11.1 Å². The second-order valence-corrected chi connectivity index (χ2v) is 5.80. The van der Waals surface area contributed by atoms with E-state index in [1.54, 1.807) is 26.5 Å². The van der Waals surface area contributed by atoms with Gasteiger partial charge in [-0.05, 0) is 43.2 Å². The number of nitrogens with one attached hydrogen (secondary N) is 2. The third-order valence-corrected chi connectivity index (χ3v) is 3.87. The zero-order chi connectivity index (χ0) is 18.5. The number of nitrogens with zero attached hydrogens (tertiary/aromatic N) is 3. The predicted octanol–water partition coefficient (Wildman–Crippen LogP) is 3.99. The van der Waals surface area contributed by atoms with Crippen molar-refractivity contribution in [1.29, 1.82) is 0 Å². The van der Waals surface area contributed by atoms with E-state index in [1.165, 1.54) is 0 Å². The Morgan fingerprint density at radius 1 is 0.885 bits per heavy atom. The number of aryl methyl sites for hydroxylation is 2. The maximum absolute atomic E-state index is 5.39. The summed E-state index contributed by atoms with van der Waals surface area (Å²) in [5.41, 5.74) is 3.97. The fourth-order valence-corrected chi connectivity index (χ4v) is 2.45. The van der Waals surface area contributed by atoms with E-state index in [9.17, 15) is 0 Å². The first-order valence-electron chi connectivity index (χ1n) is 8.12. The molecule has 1 aromatic heterocycles. The molecule has 0 unspecified atom stereocenters. The second-order valence-electron chi connectivity index (χ2n) is 5.80. The van der Waals surface area contributed by atoms with Gasteiger partial charge in [0.05, 0.1) is 26.1 Å². The van der Waals surface area contributed by atoms with E-state index in [2.05, 4.69) is 37.9 Å². The van der Waals surface area contributed by atoms with Gasteiger partial charge in [0.25, 0.3) is 0 Å². The monoisotopic (exact) mass is 351 g/mol. The maximum atomic E-state index is 5.39. The molecule has 3 aromatic rings. The van der Waals surface area contributed by atoms with E-state index < -0.39 is 0 Å². The molecule has 26 heavy (non-hydrogen) atoms. The summed E-state index contributed by atoms with van der Waals surface area (Å²) in [6, 6.07) is 11.7. The molecule has 0 amide bonds. The molecule has 0 spiro atoms. The lowest BCUT2D eigenvalue weighted by Crippen LogP contribution is -2.04. The number of rotatable bonds is 6. The van der Waals surface area contributed by atoms with Crippen molar-refractivity contribution in [3.8, 4) is 11.5 Å². The Balaban J connectivity index is 1.83. The van der Waals surface area contributed by atoms with E-state index in [4.69, 9.17) is 9.47 Å². The van der Waals surface area contributed by atoms with Crippen LogP contribution in [0.15, 0.2) is 42.6 Å². The van der Waals surface area contributed by atoms with Gasteiger partial charge >= 0.3 is 0 Å². The van der Waals surface area contributed by atoms with Crippen LogP contribution in [0.25, 0.3) is 0 Å². The van der Waals surface area contributed by atoms with Gasteiger partial charge in [0.15, 0.2) is 5.82 Å². The molecule has 3 rings (SSSR count). The quantitative estimate of drug-likeness (QED) is 0.695. The largest absolute Gasteiger partial charge is 0.497 e. The average molecular weight is 351 g/mol. The van der Waals surface area contributed by atoms with Crippen LogP contribution in [-0.2, 0) is 0 Å². The summed E-state index contributed by atoms with van der Waals surface area (Å²) >= 11 is 0. The molecule has 134 valence electrons. The van der Waals surface area contributed by atoms with Crippen LogP contribution in [0.4, 0.5) is 23.1 Å². The summed E-state index contributed by atoms with van der Waals surface area (Å²) in [6.07, 6.45) is 1.55. The number of methoxy groups -OCH3 is 2. The highest BCUT2D eigenvalue weighted by Crippen LogP contribution is 2.31. The van der Waals surface area contributed by atoms with Crippen molar-refractivity contribution in [1.82, 2.24) is 15.2 Å². The van der Waals surface area contributed by atoms with Gasteiger partial charge in [0.2, 0.25) is 5.95 Å². The lowest BCUT2D eigenvalue weighted by atomic mass is 10.1. The van der Waals surface area contributed by atoms with E-state index in [0.717, 1.165) is 22.5 Å². The Hall–Kier alpha value is -3.35. The number of hydrogen-bond donors (Lipinski definition) is 2. The van der Waals surface area contributed by atoms with Crippen LogP contribution in [0.5, 0.6) is 11.5 Å². The van der Waals surface area contributed by atoms with Gasteiger partial charge in [-0.3, -0.25) is 0 Å². The maximum Gasteiger partial charge on any atom is 0.249 e. The van der Waals surface area contributed by atoms with Crippen molar-refractivity contribution in [3.63, 3.8) is 0 Å². The molecule has 0 fully saturated rings. The fraction of sp³-hybridized carbons (Fsp3) is 0.211. The molecule has 7 nitrogen and oxygen atoms in total. The van der Waals surface area contributed by atoms with Crippen LogP contribution in [0.3, 0.4) is 0 Å². The Labute approximate surface area is 152 Å². The highest BCUT2D eigenvalue weighted by atomic mass is 16.5. The van der Waals surface area contributed by atoms with Crippen molar-refractivity contribution in [2.45, 2.75) is 13.8 Å². The molecule has 7 heteroatoms. The molecule has 0 aliphatic rings. The van der Waals surface area contributed by atoms with E-state index in [1.807, 2.05) is 32.0 Å². The summed E-state index contributed by atoms with van der Waals surface area (Å²) in [5.74, 6) is 2.32. The van der Waals surface area contributed by atoms with Crippen LogP contribution >= 0.6 is 0 Å². The van der Waals surface area contributed by atoms with Crippen LogP contribution < -0.4 is 20.1 Å². The first kappa shape index (κ1) is 17.5. The van der Waals surface area contributed by atoms with Crippen LogP contribution in [0.2, 0.25) is 0 Å². The highest BCUT2D eigenvalue weighted by molar-refractivity contribution is 5.66. The molecule has 1 heterocycles. The molecule has 2 aromatic carbocycles. The Morgan fingerprint density at radius 2 is 1.73 bits per heavy atom. The van der Waals surface area contributed by atoms with Crippen molar-refractivity contribution in [2.24, 2.45) is 0 Å². The Bertz CT molecular complexity index is 914. The molecule has 0 bridgehead atoms. The third kappa shape index (κ3) is 4.00. The first-order chi connectivity index (χ1) is 12.6. The molecule has 0 radical (unpaired) electrons. The smallest absolute Gasteiger partial charge is 0.249 e.